The maximum absolute atomic E-state index is 12.6. The molecule has 0 N–H and O–H groups in total. The third kappa shape index (κ3) is 3.45. The van der Waals surface area contributed by atoms with Gasteiger partial charge < -0.3 is 4.90 Å². The lowest BCUT2D eigenvalue weighted by atomic mass is 10.2. The van der Waals surface area contributed by atoms with Gasteiger partial charge in [0.25, 0.3) is 15.9 Å². The number of carbonyl (C=O) groups is 1. The van der Waals surface area contributed by atoms with Crippen molar-refractivity contribution in [3.8, 4) is 0 Å². The lowest BCUT2D eigenvalue weighted by molar-refractivity contribution is 0.0702. The average molecular weight is 449 g/mol. The number of hydrogen-bond acceptors (Lipinski definition) is 5. The molecule has 3 rings (SSSR count). The molecule has 0 bridgehead atoms. The van der Waals surface area contributed by atoms with Crippen LogP contribution in [0.25, 0.3) is 0 Å². The molecule has 0 saturated carbocycles. The lowest BCUT2D eigenvalue weighted by Crippen LogP contribution is -2.50. The molecule has 5 nitrogen and oxygen atoms in total. The molecule has 0 atom stereocenters. The van der Waals surface area contributed by atoms with Crippen LogP contribution in [0.15, 0.2) is 31.6 Å². The summed E-state index contributed by atoms with van der Waals surface area (Å²) in [4.78, 5) is 15.2. The Bertz CT molecular complexity index is 836. The van der Waals surface area contributed by atoms with Crippen molar-refractivity contribution in [3.63, 3.8) is 0 Å². The van der Waals surface area contributed by atoms with Crippen molar-refractivity contribution in [2.45, 2.75) is 17.6 Å². The molecule has 0 aliphatic carbocycles. The lowest BCUT2D eigenvalue weighted by Gasteiger charge is -2.33. The van der Waals surface area contributed by atoms with Crippen LogP contribution in [0.5, 0.6) is 0 Å². The smallest absolute Gasteiger partial charge is 0.264 e. The van der Waals surface area contributed by atoms with E-state index in [1.54, 1.807) is 17.0 Å². The van der Waals surface area contributed by atoms with E-state index in [-0.39, 0.29) is 5.91 Å². The first-order valence-corrected chi connectivity index (χ1v) is 11.5. The highest BCUT2D eigenvalue weighted by Crippen LogP contribution is 2.29. The molecule has 130 valence electrons. The van der Waals surface area contributed by atoms with Crippen LogP contribution in [-0.4, -0.2) is 49.7 Å². The minimum Gasteiger partial charge on any atom is -0.335 e. The van der Waals surface area contributed by atoms with Gasteiger partial charge in [0, 0.05) is 26.2 Å². The first-order valence-electron chi connectivity index (χ1n) is 7.54. The summed E-state index contributed by atoms with van der Waals surface area (Å²) in [5.41, 5.74) is 1.06. The van der Waals surface area contributed by atoms with E-state index in [1.165, 1.54) is 27.0 Å². The van der Waals surface area contributed by atoms with Crippen molar-refractivity contribution in [2.75, 3.05) is 26.2 Å². The Morgan fingerprint density at radius 3 is 2.50 bits per heavy atom. The highest BCUT2D eigenvalue weighted by Gasteiger charge is 2.32. The first kappa shape index (κ1) is 18.1. The van der Waals surface area contributed by atoms with Gasteiger partial charge in [-0.05, 0) is 51.5 Å². The number of halogens is 1. The number of amides is 1. The zero-order valence-electron chi connectivity index (χ0n) is 13.1. The summed E-state index contributed by atoms with van der Waals surface area (Å²) in [5, 5.41) is 1.93. The molecule has 3 heterocycles. The minimum atomic E-state index is -3.47. The van der Waals surface area contributed by atoms with Gasteiger partial charge in [0.1, 0.15) is 4.21 Å². The summed E-state index contributed by atoms with van der Waals surface area (Å²) in [6.45, 7) is 3.53. The summed E-state index contributed by atoms with van der Waals surface area (Å²) in [5.74, 6) is 0.0118. The van der Waals surface area contributed by atoms with Crippen LogP contribution in [-0.2, 0) is 16.4 Å². The number of hydrogen-bond donors (Lipinski definition) is 0. The fourth-order valence-electron chi connectivity index (χ4n) is 2.64. The van der Waals surface area contributed by atoms with Crippen molar-refractivity contribution in [1.82, 2.24) is 9.21 Å². The van der Waals surface area contributed by atoms with E-state index in [0.29, 0.717) is 30.4 Å². The Kier molecular flexibility index (Phi) is 5.45. The second kappa shape index (κ2) is 7.25. The topological polar surface area (TPSA) is 57.7 Å². The van der Waals surface area contributed by atoms with Crippen molar-refractivity contribution < 1.29 is 13.2 Å². The molecule has 0 unspecified atom stereocenters. The quantitative estimate of drug-likeness (QED) is 0.720. The van der Waals surface area contributed by atoms with Crippen LogP contribution in [0.3, 0.4) is 0 Å². The molecule has 0 spiro atoms. The monoisotopic (exact) mass is 448 g/mol. The van der Waals surface area contributed by atoms with Crippen molar-refractivity contribution >= 4 is 54.5 Å². The molecule has 9 heteroatoms. The predicted molar refractivity (Wildman–Crippen MR) is 100 cm³/mol. The Morgan fingerprint density at radius 1 is 1.21 bits per heavy atom. The Balaban J connectivity index is 1.69. The van der Waals surface area contributed by atoms with Gasteiger partial charge in [-0.3, -0.25) is 4.79 Å². The van der Waals surface area contributed by atoms with E-state index >= 15 is 0 Å². The van der Waals surface area contributed by atoms with Gasteiger partial charge in [-0.25, -0.2) is 8.42 Å². The van der Waals surface area contributed by atoms with Crippen molar-refractivity contribution in [1.29, 1.82) is 0 Å². The van der Waals surface area contributed by atoms with Crippen LogP contribution < -0.4 is 0 Å². The molecule has 1 aliphatic heterocycles. The maximum atomic E-state index is 12.6. The Hall–Kier alpha value is -0.740. The summed E-state index contributed by atoms with van der Waals surface area (Å²) in [6.07, 6.45) is 0.826. The molecule has 2 aromatic heterocycles. The van der Waals surface area contributed by atoms with E-state index < -0.39 is 10.0 Å². The van der Waals surface area contributed by atoms with Crippen LogP contribution >= 0.6 is 38.6 Å². The van der Waals surface area contributed by atoms with Crippen LogP contribution in [0, 0.1) is 0 Å². The van der Waals surface area contributed by atoms with Crippen LogP contribution in [0.1, 0.15) is 22.2 Å². The standard InChI is InChI=1S/C15H17BrN2O3S3/c1-2-11-5-10-22-14(11)15(19)17-6-8-18(9-7-17)24(20,21)13-4-3-12(16)23-13/h3-5,10H,2,6-9H2,1H3. The van der Waals surface area contributed by atoms with Gasteiger partial charge >= 0.3 is 0 Å². The van der Waals surface area contributed by atoms with Gasteiger partial charge in [0.05, 0.1) is 8.66 Å². The van der Waals surface area contributed by atoms with E-state index in [9.17, 15) is 13.2 Å². The zero-order chi connectivity index (χ0) is 17.3. The van der Waals surface area contributed by atoms with Gasteiger partial charge in [-0.2, -0.15) is 4.31 Å². The maximum Gasteiger partial charge on any atom is 0.264 e. The number of thiophene rings is 2. The van der Waals surface area contributed by atoms with Crippen molar-refractivity contribution in [3.05, 3.63) is 37.8 Å². The summed E-state index contributed by atoms with van der Waals surface area (Å²) in [7, 11) is -3.47. The molecule has 1 aliphatic rings. The van der Waals surface area contributed by atoms with Crippen LogP contribution in [0.2, 0.25) is 0 Å². The molecular formula is C15H17BrN2O3S3. The average Bonchev–Trinajstić information content (AvgIpc) is 3.23. The molecular weight excluding hydrogens is 432 g/mol. The predicted octanol–water partition coefficient (Wildman–Crippen LogP) is 3.28. The summed E-state index contributed by atoms with van der Waals surface area (Å²) >= 11 is 5.96. The number of aryl methyl sites for hydroxylation is 1. The van der Waals surface area contributed by atoms with E-state index in [0.717, 1.165) is 20.6 Å². The molecule has 24 heavy (non-hydrogen) atoms. The number of nitrogens with zero attached hydrogens (tertiary/aromatic N) is 2. The number of piperazine rings is 1. The van der Waals surface area contributed by atoms with Gasteiger partial charge in [-0.1, -0.05) is 6.92 Å². The molecule has 1 fully saturated rings. The third-order valence-electron chi connectivity index (χ3n) is 3.99. The number of sulfonamides is 1. The Labute approximate surface area is 158 Å². The zero-order valence-corrected chi connectivity index (χ0v) is 17.1. The second-order valence-corrected chi connectivity index (χ2v) is 10.9. The van der Waals surface area contributed by atoms with Gasteiger partial charge in [0.15, 0.2) is 0 Å². The minimum absolute atomic E-state index is 0.0118. The first-order chi connectivity index (χ1) is 11.4. The fourth-order valence-corrected chi connectivity index (χ4v) is 7.19. The van der Waals surface area contributed by atoms with Crippen molar-refractivity contribution in [2.24, 2.45) is 0 Å². The molecule has 0 radical (unpaired) electrons. The van der Waals surface area contributed by atoms with E-state index in [2.05, 4.69) is 15.9 Å². The van der Waals surface area contributed by atoms with E-state index in [1.807, 2.05) is 18.4 Å². The normalized spacial score (nSPS) is 16.5. The summed E-state index contributed by atoms with van der Waals surface area (Å²) in [6, 6.07) is 5.33. The fraction of sp³-hybridized carbons (Fsp3) is 0.400. The second-order valence-electron chi connectivity index (χ2n) is 5.38. The molecule has 1 amide bonds. The van der Waals surface area contributed by atoms with Gasteiger partial charge in [0.2, 0.25) is 0 Å². The Morgan fingerprint density at radius 2 is 1.92 bits per heavy atom. The highest BCUT2D eigenvalue weighted by molar-refractivity contribution is 9.11. The number of rotatable bonds is 4. The molecule has 1 saturated heterocycles. The summed E-state index contributed by atoms with van der Waals surface area (Å²) < 4.78 is 27.8. The molecule has 2 aromatic rings. The van der Waals surface area contributed by atoms with Gasteiger partial charge in [-0.15, -0.1) is 22.7 Å². The molecule has 0 aromatic carbocycles. The number of carbonyl (C=O) groups excluding carboxylic acids is 1. The SMILES string of the molecule is CCc1ccsc1C(=O)N1CCN(S(=O)(=O)c2ccc(Br)s2)CC1. The highest BCUT2D eigenvalue weighted by atomic mass is 79.9. The third-order valence-corrected chi connectivity index (χ3v) is 8.92. The van der Waals surface area contributed by atoms with Crippen LogP contribution in [0.4, 0.5) is 0 Å². The largest absolute Gasteiger partial charge is 0.335 e. The van der Waals surface area contributed by atoms with E-state index in [4.69, 9.17) is 0 Å².